The number of H-pyrrole nitrogens is 1. The van der Waals surface area contributed by atoms with Crippen LogP contribution in [-0.2, 0) is 6.54 Å². The van der Waals surface area contributed by atoms with Gasteiger partial charge in [0.15, 0.2) is 0 Å². The summed E-state index contributed by atoms with van der Waals surface area (Å²) in [5, 5.41) is 3.40. The Bertz CT molecular complexity index is 1140. The maximum absolute atomic E-state index is 13.3. The summed E-state index contributed by atoms with van der Waals surface area (Å²) in [5.74, 6) is 1.61. The zero-order chi connectivity index (χ0) is 22.1. The lowest BCUT2D eigenvalue weighted by atomic mass is 9.95. The molecule has 2 fully saturated rings. The van der Waals surface area contributed by atoms with E-state index in [0.717, 1.165) is 61.2 Å². The van der Waals surface area contributed by atoms with Crippen molar-refractivity contribution < 1.29 is 4.79 Å². The fraction of sp³-hybridized carbons (Fsp3) is 0.480. The van der Waals surface area contributed by atoms with Crippen LogP contribution in [0.5, 0.6) is 0 Å². The molecule has 0 saturated carbocycles. The first-order chi connectivity index (χ1) is 15.6. The molecule has 1 unspecified atom stereocenters. The summed E-state index contributed by atoms with van der Waals surface area (Å²) < 4.78 is 1.74. The van der Waals surface area contributed by atoms with Crippen LogP contribution in [0.2, 0.25) is 0 Å². The monoisotopic (exact) mass is 505 g/mol. The standard InChI is InChI=1S/C25H31N5O2.2ClH/c1-17-8-12-30(16-18-5-4-11-26-15-18)25(32)22(17)24(31)29-13-9-19(10-14-29)23-27-20-6-2-3-7-21(20)28-23;;/h2-3,6-8,12,18-19,26H,4-5,9-11,13-16H2,1H3,(H,27,28);2*1H. The molecule has 0 radical (unpaired) electrons. The second-order valence-electron chi connectivity index (χ2n) is 9.25. The van der Waals surface area contributed by atoms with Crippen molar-refractivity contribution in [2.75, 3.05) is 26.2 Å². The first-order valence-electron chi connectivity index (χ1n) is 11.7. The molecule has 184 valence electrons. The fourth-order valence-electron chi connectivity index (χ4n) is 5.11. The molecule has 2 N–H and O–H groups in total. The zero-order valence-electron chi connectivity index (χ0n) is 19.5. The van der Waals surface area contributed by atoms with Gasteiger partial charge in [0.05, 0.1) is 11.0 Å². The molecule has 2 aromatic heterocycles. The molecule has 1 atom stereocenters. The molecular formula is C25H33Cl2N5O2. The second-order valence-corrected chi connectivity index (χ2v) is 9.25. The number of aromatic nitrogens is 3. The van der Waals surface area contributed by atoms with Crippen LogP contribution in [0.25, 0.3) is 11.0 Å². The van der Waals surface area contributed by atoms with Gasteiger partial charge in [0.25, 0.3) is 11.5 Å². The van der Waals surface area contributed by atoms with Crippen LogP contribution in [0.1, 0.15) is 53.3 Å². The summed E-state index contributed by atoms with van der Waals surface area (Å²) in [6, 6.07) is 9.96. The molecule has 7 nitrogen and oxygen atoms in total. The first-order valence-corrected chi connectivity index (χ1v) is 11.7. The predicted molar refractivity (Wildman–Crippen MR) is 140 cm³/mol. The Hall–Kier alpha value is -2.35. The lowest BCUT2D eigenvalue weighted by molar-refractivity contribution is 0.0707. The van der Waals surface area contributed by atoms with E-state index in [1.165, 1.54) is 0 Å². The number of pyridine rings is 1. The number of piperidine rings is 2. The SMILES string of the molecule is Cc1ccn(CC2CCCNC2)c(=O)c1C(=O)N1CCC(c2nc3ccccc3[nH]2)CC1.Cl.Cl. The van der Waals surface area contributed by atoms with Crippen LogP contribution in [0.15, 0.2) is 41.3 Å². The molecule has 0 aliphatic carbocycles. The number of para-hydroxylation sites is 2. The van der Waals surface area contributed by atoms with E-state index in [0.29, 0.717) is 37.0 Å². The van der Waals surface area contributed by atoms with E-state index in [9.17, 15) is 9.59 Å². The highest BCUT2D eigenvalue weighted by Crippen LogP contribution is 2.28. The van der Waals surface area contributed by atoms with E-state index in [1.807, 2.05) is 48.4 Å². The van der Waals surface area contributed by atoms with Crippen molar-refractivity contribution in [1.29, 1.82) is 0 Å². The average Bonchev–Trinajstić information content (AvgIpc) is 3.26. The quantitative estimate of drug-likeness (QED) is 0.563. The highest BCUT2D eigenvalue weighted by molar-refractivity contribution is 5.95. The van der Waals surface area contributed by atoms with Crippen molar-refractivity contribution in [3.05, 3.63) is 63.8 Å². The summed E-state index contributed by atoms with van der Waals surface area (Å²) in [4.78, 5) is 36.6. The van der Waals surface area contributed by atoms with Crippen LogP contribution in [0.3, 0.4) is 0 Å². The zero-order valence-corrected chi connectivity index (χ0v) is 21.1. The summed E-state index contributed by atoms with van der Waals surface area (Å²) >= 11 is 0. The van der Waals surface area contributed by atoms with Crippen LogP contribution < -0.4 is 10.9 Å². The number of fused-ring (bicyclic) bond motifs is 1. The molecule has 3 aromatic rings. The van der Waals surface area contributed by atoms with E-state index in [-0.39, 0.29) is 36.3 Å². The second kappa shape index (κ2) is 11.4. The molecule has 2 saturated heterocycles. The molecule has 5 rings (SSSR count). The number of nitrogens with zero attached hydrogens (tertiary/aromatic N) is 3. The minimum Gasteiger partial charge on any atom is -0.342 e. The Kier molecular flexibility index (Phi) is 8.79. The summed E-state index contributed by atoms with van der Waals surface area (Å²) in [6.07, 6.45) is 5.79. The topological polar surface area (TPSA) is 83.0 Å². The van der Waals surface area contributed by atoms with Crippen molar-refractivity contribution in [2.45, 2.75) is 45.1 Å². The molecule has 1 aromatic carbocycles. The Morgan fingerprint density at radius 1 is 1.12 bits per heavy atom. The van der Waals surface area contributed by atoms with E-state index in [4.69, 9.17) is 4.98 Å². The lowest BCUT2D eigenvalue weighted by Crippen LogP contribution is -2.42. The minimum absolute atomic E-state index is 0. The van der Waals surface area contributed by atoms with Crippen molar-refractivity contribution in [2.24, 2.45) is 5.92 Å². The number of imidazole rings is 1. The Labute approximate surface area is 212 Å². The van der Waals surface area contributed by atoms with Gasteiger partial charge in [0, 0.05) is 31.7 Å². The smallest absolute Gasteiger partial charge is 0.263 e. The van der Waals surface area contributed by atoms with Gasteiger partial charge in [-0.2, -0.15) is 0 Å². The van der Waals surface area contributed by atoms with Crippen LogP contribution in [0.4, 0.5) is 0 Å². The number of aromatic amines is 1. The number of hydrogen-bond acceptors (Lipinski definition) is 4. The summed E-state index contributed by atoms with van der Waals surface area (Å²) in [7, 11) is 0. The molecule has 0 spiro atoms. The number of carbonyl (C=O) groups excluding carboxylic acids is 1. The maximum atomic E-state index is 13.3. The molecule has 2 aliphatic rings. The van der Waals surface area contributed by atoms with E-state index >= 15 is 0 Å². The third kappa shape index (κ3) is 5.32. The third-order valence-corrected chi connectivity index (χ3v) is 7.02. The number of likely N-dealkylation sites (tertiary alicyclic amines) is 1. The Morgan fingerprint density at radius 2 is 1.88 bits per heavy atom. The number of halogens is 2. The van der Waals surface area contributed by atoms with Crippen molar-refractivity contribution in [3.8, 4) is 0 Å². The van der Waals surface area contributed by atoms with Crippen LogP contribution in [-0.4, -0.2) is 51.5 Å². The van der Waals surface area contributed by atoms with Crippen molar-refractivity contribution >= 4 is 41.8 Å². The minimum atomic E-state index is -0.153. The predicted octanol–water partition coefficient (Wildman–Crippen LogP) is 3.90. The first kappa shape index (κ1) is 26.3. The van der Waals surface area contributed by atoms with E-state index in [2.05, 4.69) is 10.3 Å². The lowest BCUT2D eigenvalue weighted by Gasteiger charge is -2.31. The summed E-state index contributed by atoms with van der Waals surface area (Å²) in [6.45, 7) is 5.79. The van der Waals surface area contributed by atoms with Gasteiger partial charge in [0.2, 0.25) is 0 Å². The van der Waals surface area contributed by atoms with E-state index in [1.54, 1.807) is 4.57 Å². The van der Waals surface area contributed by atoms with Gasteiger partial charge >= 0.3 is 0 Å². The number of benzene rings is 1. The van der Waals surface area contributed by atoms with Gasteiger partial charge in [-0.15, -0.1) is 24.8 Å². The molecule has 0 bridgehead atoms. The van der Waals surface area contributed by atoms with Crippen LogP contribution >= 0.6 is 24.8 Å². The number of nitrogens with one attached hydrogen (secondary N) is 2. The van der Waals surface area contributed by atoms with Crippen molar-refractivity contribution in [1.82, 2.24) is 24.8 Å². The van der Waals surface area contributed by atoms with Crippen LogP contribution in [0, 0.1) is 12.8 Å². The number of aryl methyl sites for hydroxylation is 1. The van der Waals surface area contributed by atoms with Gasteiger partial charge in [-0.1, -0.05) is 12.1 Å². The van der Waals surface area contributed by atoms with Crippen molar-refractivity contribution in [3.63, 3.8) is 0 Å². The summed E-state index contributed by atoms with van der Waals surface area (Å²) in [5.41, 5.74) is 2.97. The molecule has 4 heterocycles. The molecule has 34 heavy (non-hydrogen) atoms. The molecular weight excluding hydrogens is 473 g/mol. The highest BCUT2D eigenvalue weighted by Gasteiger charge is 2.29. The number of rotatable bonds is 4. The average molecular weight is 506 g/mol. The maximum Gasteiger partial charge on any atom is 0.263 e. The van der Waals surface area contributed by atoms with Gasteiger partial charge in [-0.25, -0.2) is 4.98 Å². The fourth-order valence-corrected chi connectivity index (χ4v) is 5.11. The molecule has 1 amide bonds. The Morgan fingerprint density at radius 3 is 2.59 bits per heavy atom. The van der Waals surface area contributed by atoms with Gasteiger partial charge in [-0.3, -0.25) is 9.59 Å². The number of carbonyl (C=O) groups is 1. The van der Waals surface area contributed by atoms with E-state index < -0.39 is 0 Å². The normalized spacial score (nSPS) is 18.9. The third-order valence-electron chi connectivity index (χ3n) is 7.02. The number of hydrogen-bond donors (Lipinski definition) is 2. The molecule has 2 aliphatic heterocycles. The van der Waals surface area contributed by atoms with Gasteiger partial charge < -0.3 is 19.8 Å². The highest BCUT2D eigenvalue weighted by atomic mass is 35.5. The Balaban J connectivity index is 0.00000162. The number of amides is 1. The molecule has 9 heteroatoms. The van der Waals surface area contributed by atoms with Gasteiger partial charge in [-0.05, 0) is 75.4 Å². The van der Waals surface area contributed by atoms with Gasteiger partial charge in [0.1, 0.15) is 11.4 Å². The largest absolute Gasteiger partial charge is 0.342 e.